The molecule has 0 radical (unpaired) electrons. The molecule has 0 amide bonds. The zero-order valence-corrected chi connectivity index (χ0v) is 12.1. The average Bonchev–Trinajstić information content (AvgIpc) is 2.22. The van der Waals surface area contributed by atoms with Crippen LogP contribution in [0.15, 0.2) is 18.2 Å². The van der Waals surface area contributed by atoms with Gasteiger partial charge >= 0.3 is 0 Å². The fraction of sp³-hybridized carbons (Fsp3) is 0.455. The van der Waals surface area contributed by atoms with Gasteiger partial charge < -0.3 is 9.47 Å². The molecule has 4 nitrogen and oxygen atoms in total. The molecule has 0 aliphatic carbocycles. The first-order chi connectivity index (χ1) is 8.49. The molecule has 2 rings (SSSR count). The van der Waals surface area contributed by atoms with Crippen LogP contribution in [0.1, 0.15) is 5.56 Å². The smallest absolute Gasteiger partial charge is 0.236 e. The van der Waals surface area contributed by atoms with Crippen molar-refractivity contribution in [1.82, 2.24) is 0 Å². The Labute approximate surface area is 115 Å². The van der Waals surface area contributed by atoms with Crippen LogP contribution in [0.2, 0.25) is 0 Å². The van der Waals surface area contributed by atoms with Crippen LogP contribution in [0.4, 0.5) is 0 Å². The molecule has 0 spiro atoms. The van der Waals surface area contributed by atoms with E-state index >= 15 is 0 Å². The van der Waals surface area contributed by atoms with Crippen LogP contribution >= 0.6 is 22.4 Å². The quantitative estimate of drug-likeness (QED) is 0.781. The van der Waals surface area contributed by atoms with Crippen molar-refractivity contribution < 1.29 is 17.9 Å². The highest BCUT2D eigenvalue weighted by atomic mass is 35.7. The summed E-state index contributed by atoms with van der Waals surface area (Å²) < 4.78 is 33.4. The molecular weight excluding hydrogens is 296 g/mol. The summed E-state index contributed by atoms with van der Waals surface area (Å²) in [6, 6.07) is 5.15. The molecule has 1 aliphatic rings. The topological polar surface area (TPSA) is 52.6 Å². The molecular formula is C11H13ClO4S2. The molecule has 0 N–H and O–H groups in total. The first-order valence-electron chi connectivity index (χ1n) is 5.32. The second-order valence-electron chi connectivity index (χ2n) is 3.91. The van der Waals surface area contributed by atoms with Gasteiger partial charge in [-0.3, -0.25) is 0 Å². The molecule has 7 heteroatoms. The van der Waals surface area contributed by atoms with Crippen LogP contribution in [0.5, 0.6) is 11.5 Å². The molecule has 1 aromatic carbocycles. The number of halogens is 1. The summed E-state index contributed by atoms with van der Waals surface area (Å²) in [5, 5.41) is 0. The second-order valence-corrected chi connectivity index (χ2v) is 7.76. The molecule has 1 aromatic rings. The highest BCUT2D eigenvalue weighted by Gasteiger charge is 2.24. The minimum absolute atomic E-state index is 0.114. The maximum absolute atomic E-state index is 11.2. The number of para-hydroxylation sites is 1. The lowest BCUT2D eigenvalue weighted by Gasteiger charge is -2.27. The lowest BCUT2D eigenvalue weighted by molar-refractivity contribution is 0.226. The Bertz CT molecular complexity index is 526. The third-order valence-corrected chi connectivity index (χ3v) is 4.70. The predicted octanol–water partition coefficient (Wildman–Crippen LogP) is 2.26. The number of rotatable bonds is 5. The number of methoxy groups -OCH3 is 1. The summed E-state index contributed by atoms with van der Waals surface area (Å²) in [6.07, 6.45) is 0.114. The fourth-order valence-corrected chi connectivity index (χ4v) is 3.12. The maximum Gasteiger partial charge on any atom is 0.236 e. The van der Waals surface area contributed by atoms with E-state index < -0.39 is 9.05 Å². The van der Waals surface area contributed by atoms with Crippen LogP contribution in [-0.2, 0) is 14.8 Å². The van der Waals surface area contributed by atoms with E-state index in [9.17, 15) is 8.42 Å². The number of ether oxygens (including phenoxy) is 2. The fourth-order valence-electron chi connectivity index (χ4n) is 1.60. The molecule has 0 unspecified atom stereocenters. The van der Waals surface area contributed by atoms with Crippen LogP contribution in [0, 0.1) is 0 Å². The minimum atomic E-state index is -3.62. The zero-order chi connectivity index (χ0) is 13.2. The van der Waals surface area contributed by atoms with Crippen molar-refractivity contribution in [3.63, 3.8) is 0 Å². The van der Waals surface area contributed by atoms with Crippen molar-refractivity contribution in [3.05, 3.63) is 23.8 Å². The van der Waals surface area contributed by atoms with E-state index in [2.05, 4.69) is 0 Å². The summed E-state index contributed by atoms with van der Waals surface area (Å²) in [4.78, 5) is 0. The SMILES string of the molecule is COc1cccc(CS(=O)(=O)Cl)c1OC1CSC1. The second kappa shape index (κ2) is 5.59. The van der Waals surface area contributed by atoms with Gasteiger partial charge in [-0.2, -0.15) is 11.8 Å². The molecule has 1 aliphatic heterocycles. The molecule has 0 atom stereocenters. The number of thioether (sulfide) groups is 1. The number of hydrogen-bond acceptors (Lipinski definition) is 5. The summed E-state index contributed by atoms with van der Waals surface area (Å²) in [6.45, 7) is 0. The third-order valence-electron chi connectivity index (χ3n) is 2.50. The number of benzene rings is 1. The van der Waals surface area contributed by atoms with Crippen molar-refractivity contribution >= 4 is 31.5 Å². The Morgan fingerprint density at radius 1 is 1.44 bits per heavy atom. The van der Waals surface area contributed by atoms with E-state index in [4.69, 9.17) is 20.2 Å². The molecule has 18 heavy (non-hydrogen) atoms. The van der Waals surface area contributed by atoms with Crippen LogP contribution in [0.25, 0.3) is 0 Å². The molecule has 0 saturated carbocycles. The van der Waals surface area contributed by atoms with Gasteiger partial charge in [0.2, 0.25) is 9.05 Å². The van der Waals surface area contributed by atoms with Gasteiger partial charge in [0.05, 0.1) is 12.9 Å². The monoisotopic (exact) mass is 308 g/mol. The van der Waals surface area contributed by atoms with Gasteiger partial charge in [0.15, 0.2) is 11.5 Å². The molecule has 1 fully saturated rings. The highest BCUT2D eigenvalue weighted by molar-refractivity contribution is 8.13. The van der Waals surface area contributed by atoms with Gasteiger partial charge in [-0.15, -0.1) is 0 Å². The standard InChI is InChI=1S/C11H13ClO4S2/c1-15-10-4-2-3-8(7-18(12,13)14)11(10)16-9-5-17-6-9/h2-4,9H,5-7H2,1H3. The Balaban J connectivity index is 2.31. The van der Waals surface area contributed by atoms with Gasteiger partial charge in [0.25, 0.3) is 0 Å². The van der Waals surface area contributed by atoms with Gasteiger partial charge in [-0.05, 0) is 6.07 Å². The van der Waals surface area contributed by atoms with Crippen LogP contribution in [0.3, 0.4) is 0 Å². The summed E-state index contributed by atoms with van der Waals surface area (Å²) >= 11 is 1.79. The van der Waals surface area contributed by atoms with E-state index in [-0.39, 0.29) is 11.9 Å². The molecule has 1 saturated heterocycles. The van der Waals surface area contributed by atoms with Crippen molar-refractivity contribution in [2.45, 2.75) is 11.9 Å². The van der Waals surface area contributed by atoms with Crippen molar-refractivity contribution in [2.75, 3.05) is 18.6 Å². The third kappa shape index (κ3) is 3.46. The minimum Gasteiger partial charge on any atom is -0.493 e. The molecule has 1 heterocycles. The normalized spacial score (nSPS) is 16.1. The van der Waals surface area contributed by atoms with Crippen LogP contribution < -0.4 is 9.47 Å². The van der Waals surface area contributed by atoms with E-state index in [0.29, 0.717) is 17.1 Å². The molecule has 100 valence electrons. The van der Waals surface area contributed by atoms with E-state index in [1.165, 1.54) is 7.11 Å². The van der Waals surface area contributed by atoms with Crippen LogP contribution in [-0.4, -0.2) is 33.1 Å². The largest absolute Gasteiger partial charge is 0.493 e. The van der Waals surface area contributed by atoms with Gasteiger partial charge in [0.1, 0.15) is 6.10 Å². The van der Waals surface area contributed by atoms with E-state index in [1.807, 2.05) is 0 Å². The molecule has 0 bridgehead atoms. The van der Waals surface area contributed by atoms with Gasteiger partial charge in [-0.25, -0.2) is 8.42 Å². The number of hydrogen-bond donors (Lipinski definition) is 0. The summed E-state index contributed by atoms with van der Waals surface area (Å²) in [5.41, 5.74) is 0.529. The lowest BCUT2D eigenvalue weighted by atomic mass is 10.2. The zero-order valence-electron chi connectivity index (χ0n) is 9.76. The Morgan fingerprint density at radius 2 is 2.17 bits per heavy atom. The van der Waals surface area contributed by atoms with E-state index in [0.717, 1.165) is 11.5 Å². The van der Waals surface area contributed by atoms with Crippen molar-refractivity contribution in [1.29, 1.82) is 0 Å². The molecule has 0 aromatic heterocycles. The Kier molecular flexibility index (Phi) is 4.29. The summed E-state index contributed by atoms with van der Waals surface area (Å²) in [7, 11) is 3.20. The van der Waals surface area contributed by atoms with Gasteiger partial charge in [0, 0.05) is 27.8 Å². The maximum atomic E-state index is 11.2. The Hall–Kier alpha value is -0.590. The van der Waals surface area contributed by atoms with Gasteiger partial charge in [-0.1, -0.05) is 12.1 Å². The Morgan fingerprint density at radius 3 is 2.67 bits per heavy atom. The average molecular weight is 309 g/mol. The van der Waals surface area contributed by atoms with Crippen molar-refractivity contribution in [2.24, 2.45) is 0 Å². The first-order valence-corrected chi connectivity index (χ1v) is 8.95. The lowest BCUT2D eigenvalue weighted by Crippen LogP contribution is -2.31. The first kappa shape index (κ1) is 13.8. The highest BCUT2D eigenvalue weighted by Crippen LogP contribution is 2.35. The summed E-state index contributed by atoms with van der Waals surface area (Å²) in [5.74, 6) is 2.57. The predicted molar refractivity (Wildman–Crippen MR) is 73.2 cm³/mol. The van der Waals surface area contributed by atoms with E-state index in [1.54, 1.807) is 30.0 Å². The van der Waals surface area contributed by atoms with Crippen molar-refractivity contribution in [3.8, 4) is 11.5 Å².